The molecule has 1 fully saturated rings. The molecule has 0 aliphatic carbocycles. The highest BCUT2D eigenvalue weighted by molar-refractivity contribution is 7.94. The molecule has 3 aromatic carbocycles. The van der Waals surface area contributed by atoms with Crippen molar-refractivity contribution in [1.82, 2.24) is 0 Å². The van der Waals surface area contributed by atoms with Gasteiger partial charge in [-0.2, -0.15) is 0 Å². The average Bonchev–Trinajstić information content (AvgIpc) is 3.13. The number of fused-ring (bicyclic) bond motifs is 2. The number of anilines is 2. The highest BCUT2D eigenvalue weighted by Crippen LogP contribution is 2.52. The summed E-state index contributed by atoms with van der Waals surface area (Å²) in [5.74, 6) is -2.54. The number of amides is 2. The Morgan fingerprint density at radius 2 is 1.52 bits per heavy atom. The standard InChI is InChI=1S/C23H17FN2O4S/c24-17-12-10-16(11-13-17)14-25-20-9-5-4-8-19(20)23(22(25)28)26(18-6-2-1-3-7-18)21(27)15-31(23,29)30/h1-13H,14-15H2/t23-/m1/s1. The van der Waals surface area contributed by atoms with Crippen LogP contribution in [0.2, 0.25) is 0 Å². The topological polar surface area (TPSA) is 74.8 Å². The summed E-state index contributed by atoms with van der Waals surface area (Å²) in [6.45, 7) is 0.0459. The molecule has 0 N–H and O–H groups in total. The number of nitrogens with zero attached hydrogens (tertiary/aromatic N) is 2. The van der Waals surface area contributed by atoms with Crippen molar-refractivity contribution in [3.8, 4) is 0 Å². The number of halogens is 1. The number of hydrogen-bond acceptors (Lipinski definition) is 4. The van der Waals surface area contributed by atoms with E-state index in [-0.39, 0.29) is 12.1 Å². The molecular formula is C23H17FN2O4S. The highest BCUT2D eigenvalue weighted by atomic mass is 32.2. The van der Waals surface area contributed by atoms with E-state index in [2.05, 4.69) is 0 Å². The Kier molecular flexibility index (Phi) is 4.23. The SMILES string of the molecule is O=C1CS(=O)(=O)[C@]2(C(=O)N(Cc3ccc(F)cc3)c3ccccc32)N1c1ccccc1. The van der Waals surface area contributed by atoms with E-state index < -0.39 is 38.1 Å². The third-order valence-electron chi connectivity index (χ3n) is 5.69. The summed E-state index contributed by atoms with van der Waals surface area (Å²) in [6.07, 6.45) is 0. The van der Waals surface area contributed by atoms with Crippen molar-refractivity contribution in [3.63, 3.8) is 0 Å². The third kappa shape index (κ3) is 2.64. The Hall–Kier alpha value is -3.52. The molecule has 3 aromatic rings. The second-order valence-corrected chi connectivity index (χ2v) is 9.61. The lowest BCUT2D eigenvalue weighted by Crippen LogP contribution is -2.54. The van der Waals surface area contributed by atoms with E-state index in [1.54, 1.807) is 66.7 Å². The summed E-state index contributed by atoms with van der Waals surface area (Å²) < 4.78 is 40.2. The van der Waals surface area contributed by atoms with Crippen molar-refractivity contribution in [1.29, 1.82) is 0 Å². The van der Waals surface area contributed by atoms with Crippen molar-refractivity contribution in [3.05, 3.63) is 95.8 Å². The first-order valence-corrected chi connectivity index (χ1v) is 11.3. The van der Waals surface area contributed by atoms with Crippen LogP contribution in [0.1, 0.15) is 11.1 Å². The van der Waals surface area contributed by atoms with Crippen molar-refractivity contribution in [2.75, 3.05) is 15.6 Å². The summed E-state index contributed by atoms with van der Waals surface area (Å²) in [5.41, 5.74) is 1.63. The molecule has 0 saturated carbocycles. The van der Waals surface area contributed by atoms with Crippen LogP contribution in [0.25, 0.3) is 0 Å². The van der Waals surface area contributed by atoms with Gasteiger partial charge in [0.15, 0.2) is 9.84 Å². The lowest BCUT2D eigenvalue weighted by Gasteiger charge is -2.32. The van der Waals surface area contributed by atoms with Crippen molar-refractivity contribution in [2.45, 2.75) is 11.4 Å². The lowest BCUT2D eigenvalue weighted by atomic mass is 10.0. The first-order chi connectivity index (χ1) is 14.9. The number of carbonyl (C=O) groups is 2. The molecule has 31 heavy (non-hydrogen) atoms. The maximum absolute atomic E-state index is 13.9. The monoisotopic (exact) mass is 436 g/mol. The van der Waals surface area contributed by atoms with Gasteiger partial charge < -0.3 is 4.90 Å². The van der Waals surface area contributed by atoms with Gasteiger partial charge in [-0.3, -0.25) is 14.5 Å². The number of rotatable bonds is 3. The van der Waals surface area contributed by atoms with Crippen LogP contribution >= 0.6 is 0 Å². The Morgan fingerprint density at radius 3 is 2.23 bits per heavy atom. The van der Waals surface area contributed by atoms with Crippen LogP contribution in [0.3, 0.4) is 0 Å². The summed E-state index contributed by atoms with van der Waals surface area (Å²) in [6, 6.07) is 20.6. The minimum Gasteiger partial charge on any atom is -0.304 e. The summed E-state index contributed by atoms with van der Waals surface area (Å²) >= 11 is 0. The molecule has 2 aliphatic rings. The van der Waals surface area contributed by atoms with E-state index in [0.717, 1.165) is 4.90 Å². The second kappa shape index (κ2) is 6.75. The van der Waals surface area contributed by atoms with Crippen LogP contribution in [0.4, 0.5) is 15.8 Å². The molecule has 0 bridgehead atoms. The number of carbonyl (C=O) groups excluding carboxylic acids is 2. The molecule has 0 aromatic heterocycles. The smallest absolute Gasteiger partial charge is 0.274 e. The minimum absolute atomic E-state index is 0.0459. The molecular weight excluding hydrogens is 419 g/mol. The van der Waals surface area contributed by atoms with Crippen molar-refractivity contribution < 1.29 is 22.4 Å². The van der Waals surface area contributed by atoms with Gasteiger partial charge in [0.1, 0.15) is 11.6 Å². The predicted octanol–water partition coefficient (Wildman–Crippen LogP) is 2.99. The molecule has 2 aliphatic heterocycles. The first-order valence-electron chi connectivity index (χ1n) is 9.62. The molecule has 5 rings (SSSR count). The maximum atomic E-state index is 13.9. The maximum Gasteiger partial charge on any atom is 0.274 e. The molecule has 0 unspecified atom stereocenters. The molecule has 2 amide bonds. The lowest BCUT2D eigenvalue weighted by molar-refractivity contribution is -0.123. The second-order valence-electron chi connectivity index (χ2n) is 7.50. The molecule has 1 spiro atoms. The molecule has 8 heteroatoms. The van der Waals surface area contributed by atoms with E-state index in [1.165, 1.54) is 17.0 Å². The van der Waals surface area contributed by atoms with Gasteiger partial charge >= 0.3 is 0 Å². The minimum atomic E-state index is -4.20. The number of sulfone groups is 1. The number of hydrogen-bond donors (Lipinski definition) is 0. The van der Waals surface area contributed by atoms with E-state index in [0.29, 0.717) is 16.9 Å². The molecule has 1 atom stereocenters. The van der Waals surface area contributed by atoms with Gasteiger partial charge in [0.2, 0.25) is 5.91 Å². The average molecular weight is 436 g/mol. The van der Waals surface area contributed by atoms with Crippen LogP contribution in [-0.2, 0) is 30.8 Å². The molecule has 1 saturated heterocycles. The summed E-state index contributed by atoms with van der Waals surface area (Å²) in [7, 11) is -4.20. The van der Waals surface area contributed by atoms with Gasteiger partial charge in [0, 0.05) is 11.3 Å². The zero-order valence-corrected chi connectivity index (χ0v) is 17.0. The van der Waals surface area contributed by atoms with Crippen LogP contribution in [0.15, 0.2) is 78.9 Å². The Balaban J connectivity index is 1.73. The van der Waals surface area contributed by atoms with Crippen LogP contribution < -0.4 is 9.80 Å². The largest absolute Gasteiger partial charge is 0.304 e. The Bertz CT molecular complexity index is 1310. The van der Waals surface area contributed by atoms with Gasteiger partial charge in [-0.15, -0.1) is 0 Å². The van der Waals surface area contributed by atoms with Crippen molar-refractivity contribution in [2.24, 2.45) is 0 Å². The first kappa shape index (κ1) is 19.4. The fourth-order valence-corrected chi connectivity index (χ4v) is 6.43. The van der Waals surface area contributed by atoms with E-state index in [4.69, 9.17) is 0 Å². The van der Waals surface area contributed by atoms with Gasteiger partial charge in [0.25, 0.3) is 10.8 Å². The molecule has 156 valence electrons. The Labute approximate surface area is 178 Å². The normalized spacial score (nSPS) is 21.7. The van der Waals surface area contributed by atoms with Gasteiger partial charge in [-0.25, -0.2) is 12.8 Å². The fourth-order valence-electron chi connectivity index (χ4n) is 4.40. The van der Waals surface area contributed by atoms with E-state index in [9.17, 15) is 22.4 Å². The summed E-state index contributed by atoms with van der Waals surface area (Å²) in [5, 5.41) is 0. The molecule has 6 nitrogen and oxygen atoms in total. The van der Waals surface area contributed by atoms with Crippen LogP contribution in [0.5, 0.6) is 0 Å². The third-order valence-corrected chi connectivity index (χ3v) is 7.80. The van der Waals surface area contributed by atoms with Crippen molar-refractivity contribution >= 4 is 33.0 Å². The molecule has 2 heterocycles. The zero-order chi connectivity index (χ0) is 21.8. The summed E-state index contributed by atoms with van der Waals surface area (Å²) in [4.78, 5) is 27.1. The number of para-hydroxylation sites is 2. The quantitative estimate of drug-likeness (QED) is 0.633. The highest BCUT2D eigenvalue weighted by Gasteiger charge is 2.69. The zero-order valence-electron chi connectivity index (χ0n) is 16.2. The van der Waals surface area contributed by atoms with E-state index in [1.807, 2.05) is 0 Å². The van der Waals surface area contributed by atoms with E-state index >= 15 is 0 Å². The van der Waals surface area contributed by atoms with Gasteiger partial charge in [-0.1, -0.05) is 48.5 Å². The predicted molar refractivity (Wildman–Crippen MR) is 113 cm³/mol. The van der Waals surface area contributed by atoms with Crippen LogP contribution in [-0.4, -0.2) is 26.0 Å². The van der Waals surface area contributed by atoms with Gasteiger partial charge in [0.05, 0.1) is 12.2 Å². The van der Waals surface area contributed by atoms with Crippen LogP contribution in [0, 0.1) is 5.82 Å². The van der Waals surface area contributed by atoms with Gasteiger partial charge in [-0.05, 0) is 35.9 Å². The molecule has 0 radical (unpaired) electrons. The Morgan fingerprint density at radius 1 is 0.871 bits per heavy atom. The number of benzene rings is 3. The fraction of sp³-hybridized carbons (Fsp3) is 0.130.